The van der Waals surface area contributed by atoms with E-state index < -0.39 is 0 Å². The minimum absolute atomic E-state index is 1.11. The Morgan fingerprint density at radius 2 is 1.22 bits per heavy atom. The summed E-state index contributed by atoms with van der Waals surface area (Å²) in [5.41, 5.74) is 9.94. The Morgan fingerprint density at radius 1 is 0.611 bits per heavy atom. The Balaban J connectivity index is 0.000000187. The zero-order valence-electron chi connectivity index (χ0n) is 23.4. The molecule has 0 amide bonds. The Kier molecular flexibility index (Phi) is 12.5. The van der Waals surface area contributed by atoms with Gasteiger partial charge in [-0.1, -0.05) is 153 Å². The topological polar surface area (TPSA) is 0 Å². The summed E-state index contributed by atoms with van der Waals surface area (Å²) in [4.78, 5) is 0. The first-order valence-corrected chi connectivity index (χ1v) is 13.5. The molecule has 0 heteroatoms. The van der Waals surface area contributed by atoms with Gasteiger partial charge in [-0.25, -0.2) is 0 Å². The van der Waals surface area contributed by atoms with Crippen LogP contribution in [0.2, 0.25) is 0 Å². The summed E-state index contributed by atoms with van der Waals surface area (Å²) in [7, 11) is 0. The molecule has 0 aliphatic heterocycles. The SMILES string of the molecule is CC.CCC1=CC(C)=C(C)C1.CCc1cccc2ccccc12.Cc1cccc(-c2ccccc2)c1. The van der Waals surface area contributed by atoms with E-state index in [2.05, 4.69) is 132 Å². The van der Waals surface area contributed by atoms with Crippen LogP contribution < -0.4 is 0 Å². The maximum Gasteiger partial charge on any atom is -0.0102 e. The average Bonchev–Trinajstić information content (AvgIpc) is 3.27. The highest BCUT2D eigenvalue weighted by molar-refractivity contribution is 5.85. The van der Waals surface area contributed by atoms with Gasteiger partial charge in [0.15, 0.2) is 0 Å². The van der Waals surface area contributed by atoms with Gasteiger partial charge in [0.2, 0.25) is 0 Å². The molecule has 0 nitrogen and oxygen atoms in total. The molecule has 1 aliphatic rings. The van der Waals surface area contributed by atoms with Crippen molar-refractivity contribution in [2.45, 2.75) is 67.7 Å². The van der Waals surface area contributed by atoms with Crippen LogP contribution in [0.5, 0.6) is 0 Å². The molecule has 4 aromatic carbocycles. The predicted octanol–water partition coefficient (Wildman–Crippen LogP) is 11.2. The molecular formula is C36H44. The van der Waals surface area contributed by atoms with Crippen molar-refractivity contribution >= 4 is 10.8 Å². The number of rotatable bonds is 3. The first-order chi connectivity index (χ1) is 17.5. The van der Waals surface area contributed by atoms with Crippen molar-refractivity contribution < 1.29 is 0 Å². The molecule has 0 atom stereocenters. The third-order valence-electron chi connectivity index (χ3n) is 6.43. The third-order valence-corrected chi connectivity index (χ3v) is 6.43. The highest BCUT2D eigenvalue weighted by atomic mass is 14.1. The van der Waals surface area contributed by atoms with E-state index in [-0.39, 0.29) is 0 Å². The van der Waals surface area contributed by atoms with E-state index in [0.717, 1.165) is 6.42 Å². The maximum atomic E-state index is 2.31. The van der Waals surface area contributed by atoms with Crippen molar-refractivity contribution in [2.75, 3.05) is 0 Å². The average molecular weight is 477 g/mol. The van der Waals surface area contributed by atoms with Crippen LogP contribution in [0, 0.1) is 6.92 Å². The lowest BCUT2D eigenvalue weighted by atomic mass is 10.0. The van der Waals surface area contributed by atoms with E-state index in [0.29, 0.717) is 0 Å². The fourth-order valence-electron chi connectivity index (χ4n) is 4.24. The molecule has 36 heavy (non-hydrogen) atoms. The second-order valence-electron chi connectivity index (χ2n) is 9.02. The molecule has 0 aromatic heterocycles. The fraction of sp³-hybridized carbons (Fsp3) is 0.278. The van der Waals surface area contributed by atoms with Crippen molar-refractivity contribution in [1.82, 2.24) is 0 Å². The Hall–Kier alpha value is -3.38. The Labute approximate surface area is 220 Å². The molecule has 0 fully saturated rings. The molecule has 1 aliphatic carbocycles. The minimum Gasteiger partial charge on any atom is -0.0683 e. The summed E-state index contributed by atoms with van der Waals surface area (Å²) in [6.45, 7) is 14.9. The quantitative estimate of drug-likeness (QED) is 0.276. The van der Waals surface area contributed by atoms with Crippen LogP contribution in [0.15, 0.2) is 120 Å². The molecule has 4 aromatic rings. The summed E-state index contributed by atoms with van der Waals surface area (Å²) in [6.07, 6.45) is 5.87. The lowest BCUT2D eigenvalue weighted by molar-refractivity contribution is 1.01. The molecular weight excluding hydrogens is 432 g/mol. The predicted molar refractivity (Wildman–Crippen MR) is 163 cm³/mol. The Bertz CT molecular complexity index is 1250. The minimum atomic E-state index is 1.11. The summed E-state index contributed by atoms with van der Waals surface area (Å²) < 4.78 is 0. The second kappa shape index (κ2) is 15.6. The summed E-state index contributed by atoms with van der Waals surface area (Å²) in [5, 5.41) is 2.74. The van der Waals surface area contributed by atoms with Gasteiger partial charge in [-0.05, 0) is 67.5 Å². The molecule has 0 radical (unpaired) electrons. The molecule has 0 saturated carbocycles. The van der Waals surface area contributed by atoms with E-state index in [4.69, 9.17) is 0 Å². The van der Waals surface area contributed by atoms with Crippen LogP contribution >= 0.6 is 0 Å². The Morgan fingerprint density at radius 3 is 1.81 bits per heavy atom. The van der Waals surface area contributed by atoms with Crippen LogP contribution in [-0.2, 0) is 6.42 Å². The number of fused-ring (bicyclic) bond motifs is 1. The van der Waals surface area contributed by atoms with Gasteiger partial charge in [-0.3, -0.25) is 0 Å². The number of aryl methyl sites for hydroxylation is 2. The van der Waals surface area contributed by atoms with E-state index in [1.165, 1.54) is 51.4 Å². The van der Waals surface area contributed by atoms with Gasteiger partial charge in [-0.15, -0.1) is 0 Å². The zero-order valence-corrected chi connectivity index (χ0v) is 23.4. The van der Waals surface area contributed by atoms with E-state index in [1.807, 2.05) is 19.9 Å². The molecule has 0 heterocycles. The molecule has 0 unspecified atom stereocenters. The van der Waals surface area contributed by atoms with Crippen molar-refractivity contribution in [1.29, 1.82) is 0 Å². The van der Waals surface area contributed by atoms with E-state index >= 15 is 0 Å². The van der Waals surface area contributed by atoms with Gasteiger partial charge in [0, 0.05) is 0 Å². The maximum absolute atomic E-state index is 2.31. The highest BCUT2D eigenvalue weighted by Crippen LogP contribution is 2.26. The van der Waals surface area contributed by atoms with Crippen molar-refractivity contribution in [2.24, 2.45) is 0 Å². The van der Waals surface area contributed by atoms with Gasteiger partial charge in [0.1, 0.15) is 0 Å². The van der Waals surface area contributed by atoms with Crippen LogP contribution in [0.3, 0.4) is 0 Å². The molecule has 5 rings (SSSR count). The number of hydrogen-bond acceptors (Lipinski definition) is 0. The van der Waals surface area contributed by atoms with E-state index in [9.17, 15) is 0 Å². The van der Waals surface area contributed by atoms with Gasteiger partial charge < -0.3 is 0 Å². The number of hydrogen-bond donors (Lipinski definition) is 0. The van der Waals surface area contributed by atoms with Crippen LogP contribution in [0.1, 0.15) is 65.5 Å². The normalized spacial score (nSPS) is 11.9. The van der Waals surface area contributed by atoms with Crippen LogP contribution in [-0.4, -0.2) is 0 Å². The van der Waals surface area contributed by atoms with Gasteiger partial charge in [-0.2, -0.15) is 0 Å². The summed E-state index contributed by atoms with van der Waals surface area (Å²) in [5.74, 6) is 0. The van der Waals surface area contributed by atoms with Gasteiger partial charge >= 0.3 is 0 Å². The molecule has 188 valence electrons. The third kappa shape index (κ3) is 8.68. The zero-order chi connectivity index (χ0) is 26.3. The standard InChI is InChI=1S/C13H12.C12H12.C9H14.C2H6/c1-11-6-5-9-13(10-11)12-7-3-2-4-8-12;1-2-10-7-5-8-11-6-3-4-9-12(10)11;1-4-9-5-7(2)8(3)6-9;1-2/h2-10H,1H3;3-9H,2H2,1H3;5H,4,6H2,1-3H3;1-2H3. The largest absolute Gasteiger partial charge is 0.0683 e. The van der Waals surface area contributed by atoms with Crippen molar-refractivity contribution in [3.05, 3.63) is 131 Å². The van der Waals surface area contributed by atoms with E-state index in [1.54, 1.807) is 11.1 Å². The molecule has 0 bridgehead atoms. The highest BCUT2D eigenvalue weighted by Gasteiger charge is 2.05. The fourth-order valence-corrected chi connectivity index (χ4v) is 4.24. The lowest BCUT2D eigenvalue weighted by Crippen LogP contribution is -1.81. The van der Waals surface area contributed by atoms with Gasteiger partial charge in [0.05, 0.1) is 0 Å². The number of allylic oxidation sites excluding steroid dienone is 4. The van der Waals surface area contributed by atoms with Crippen molar-refractivity contribution in [3.63, 3.8) is 0 Å². The summed E-state index contributed by atoms with van der Waals surface area (Å²) in [6, 6.07) is 34.0. The monoisotopic (exact) mass is 476 g/mol. The first-order valence-electron chi connectivity index (χ1n) is 13.5. The molecule has 0 N–H and O–H groups in total. The summed E-state index contributed by atoms with van der Waals surface area (Å²) >= 11 is 0. The first kappa shape index (κ1) is 28.9. The van der Waals surface area contributed by atoms with Crippen molar-refractivity contribution in [3.8, 4) is 11.1 Å². The smallest absolute Gasteiger partial charge is 0.0102 e. The second-order valence-corrected chi connectivity index (χ2v) is 9.02. The molecule has 0 spiro atoms. The molecule has 0 saturated heterocycles. The van der Waals surface area contributed by atoms with Crippen LogP contribution in [0.4, 0.5) is 0 Å². The van der Waals surface area contributed by atoms with Gasteiger partial charge in [0.25, 0.3) is 0 Å². The lowest BCUT2D eigenvalue weighted by Gasteiger charge is -2.02. The van der Waals surface area contributed by atoms with Crippen LogP contribution in [0.25, 0.3) is 21.9 Å². The number of benzene rings is 4.